The van der Waals surface area contributed by atoms with Crippen molar-refractivity contribution >= 4 is 35.3 Å². The lowest BCUT2D eigenvalue weighted by Crippen LogP contribution is -2.72. The van der Waals surface area contributed by atoms with Crippen LogP contribution < -0.4 is 16.9 Å². The smallest absolute Gasteiger partial charge is 0.353 e. The molecule has 144 valence electrons. The summed E-state index contributed by atoms with van der Waals surface area (Å²) in [5, 5.41) is 20.5. The summed E-state index contributed by atoms with van der Waals surface area (Å²) in [6.45, 7) is 0.679. The Hall–Kier alpha value is -1.99. The van der Waals surface area contributed by atoms with Crippen LogP contribution in [-0.2, 0) is 19.2 Å². The van der Waals surface area contributed by atoms with E-state index in [0.29, 0.717) is 0 Å². The van der Waals surface area contributed by atoms with Crippen LogP contribution in [-0.4, -0.2) is 81.3 Å². The van der Waals surface area contributed by atoms with Crippen LogP contribution in [0.3, 0.4) is 0 Å². The molecule has 2 rings (SSSR count). The highest BCUT2D eigenvalue weighted by Crippen LogP contribution is 2.58. The summed E-state index contributed by atoms with van der Waals surface area (Å²) in [5.74, 6) is -4.07. The quantitative estimate of drug-likeness (QED) is 0.213. The van der Waals surface area contributed by atoms with Gasteiger partial charge in [-0.25, -0.2) is 9.80 Å². The Morgan fingerprint density at radius 3 is 2.50 bits per heavy atom. The zero-order valence-corrected chi connectivity index (χ0v) is 15.1. The SMILES string of the molecule is C[C@@H](O)[C@H]1C(=O)N2C(C(=O)O)=C(C(=O)CN(C)NC(=O)CN)S[C@@]12CN. The topological polar surface area (TPSA) is 179 Å². The molecule has 2 amide bonds. The number of aliphatic hydroxyl groups excluding tert-OH is 1. The highest BCUT2D eigenvalue weighted by molar-refractivity contribution is 8.05. The number of nitrogens with zero attached hydrogens (tertiary/aromatic N) is 2. The number of hydrogen-bond acceptors (Lipinski definition) is 9. The fourth-order valence-corrected chi connectivity index (χ4v) is 4.72. The van der Waals surface area contributed by atoms with Crippen molar-refractivity contribution in [1.29, 1.82) is 0 Å². The van der Waals surface area contributed by atoms with Crippen molar-refractivity contribution < 1.29 is 29.4 Å². The summed E-state index contributed by atoms with van der Waals surface area (Å²) in [6.07, 6.45) is -1.05. The van der Waals surface area contributed by atoms with E-state index < -0.39 is 46.2 Å². The normalized spacial score (nSPS) is 25.8. The molecule has 0 bridgehead atoms. The minimum absolute atomic E-state index is 0.133. The number of carboxylic acids is 1. The average molecular weight is 387 g/mol. The largest absolute Gasteiger partial charge is 0.477 e. The second kappa shape index (κ2) is 7.32. The van der Waals surface area contributed by atoms with Gasteiger partial charge in [-0.2, -0.15) is 0 Å². The van der Waals surface area contributed by atoms with E-state index in [9.17, 15) is 29.4 Å². The van der Waals surface area contributed by atoms with Crippen LogP contribution in [0.2, 0.25) is 0 Å². The van der Waals surface area contributed by atoms with Crippen molar-refractivity contribution in [3.63, 3.8) is 0 Å². The molecule has 2 aliphatic heterocycles. The minimum atomic E-state index is -1.44. The third-order valence-electron chi connectivity index (χ3n) is 4.18. The van der Waals surface area contributed by atoms with Gasteiger partial charge in [-0.3, -0.25) is 24.7 Å². The van der Waals surface area contributed by atoms with Gasteiger partial charge in [0.15, 0.2) is 5.78 Å². The number of likely N-dealkylation sites (N-methyl/N-ethyl adjacent to an activating group) is 1. The predicted molar refractivity (Wildman–Crippen MR) is 90.9 cm³/mol. The maximum atomic E-state index is 12.6. The Labute approximate surface area is 153 Å². The maximum Gasteiger partial charge on any atom is 0.353 e. The van der Waals surface area contributed by atoms with Gasteiger partial charge in [-0.15, -0.1) is 0 Å². The Balaban J connectivity index is 2.30. The van der Waals surface area contributed by atoms with E-state index in [4.69, 9.17) is 11.5 Å². The number of rotatable bonds is 8. The molecule has 1 saturated heterocycles. The maximum absolute atomic E-state index is 12.6. The molecule has 12 heteroatoms. The molecule has 0 saturated carbocycles. The second-order valence-electron chi connectivity index (χ2n) is 6.04. The van der Waals surface area contributed by atoms with Crippen molar-refractivity contribution in [2.24, 2.45) is 17.4 Å². The van der Waals surface area contributed by atoms with E-state index in [1.807, 2.05) is 0 Å². The molecule has 0 aromatic heterocycles. The number of aliphatic hydroxyl groups is 1. The molecule has 0 aliphatic carbocycles. The molecule has 26 heavy (non-hydrogen) atoms. The number of nitrogens with one attached hydrogen (secondary N) is 1. The van der Waals surface area contributed by atoms with E-state index >= 15 is 0 Å². The monoisotopic (exact) mass is 387 g/mol. The first kappa shape index (κ1) is 20.3. The lowest BCUT2D eigenvalue weighted by Gasteiger charge is -2.53. The molecular weight excluding hydrogens is 366 g/mol. The van der Waals surface area contributed by atoms with Gasteiger partial charge in [-0.05, 0) is 6.92 Å². The molecule has 2 heterocycles. The van der Waals surface area contributed by atoms with Crippen LogP contribution in [0.25, 0.3) is 0 Å². The van der Waals surface area contributed by atoms with E-state index in [0.717, 1.165) is 16.7 Å². The highest BCUT2D eigenvalue weighted by Gasteiger charge is 2.68. The van der Waals surface area contributed by atoms with Crippen LogP contribution >= 0.6 is 11.8 Å². The molecule has 0 aromatic rings. The van der Waals surface area contributed by atoms with E-state index in [1.54, 1.807) is 0 Å². The molecule has 1 fully saturated rings. The van der Waals surface area contributed by atoms with Crippen LogP contribution in [0.4, 0.5) is 0 Å². The zero-order valence-electron chi connectivity index (χ0n) is 14.3. The standard InChI is InChI=1S/C14H21N5O6S/c1-6(20)9-12(23)19-10(13(24)25)11(26-14(9,19)5-16)7(21)4-18(2)17-8(22)3-15/h6,9,20H,3-5,15-16H2,1-2H3,(H,17,22)(H,24,25)/t6-,9+,14+/m1/s1. The van der Waals surface area contributed by atoms with Crippen LogP contribution in [0.1, 0.15) is 6.92 Å². The van der Waals surface area contributed by atoms with E-state index in [-0.39, 0.29) is 24.5 Å². The van der Waals surface area contributed by atoms with E-state index in [2.05, 4.69) is 5.43 Å². The third-order valence-corrected chi connectivity index (χ3v) is 5.76. The lowest BCUT2D eigenvalue weighted by atomic mass is 9.82. The molecule has 7 N–H and O–H groups in total. The number of hydrazine groups is 1. The van der Waals surface area contributed by atoms with Crippen molar-refractivity contribution in [3.8, 4) is 0 Å². The summed E-state index contributed by atoms with van der Waals surface area (Å²) < 4.78 is 0. The summed E-state index contributed by atoms with van der Waals surface area (Å²) in [4.78, 5) is 47.5. The van der Waals surface area contributed by atoms with Gasteiger partial charge in [0.05, 0.1) is 30.0 Å². The molecule has 3 atom stereocenters. The first-order valence-electron chi connectivity index (χ1n) is 7.73. The van der Waals surface area contributed by atoms with Crippen LogP contribution in [0.5, 0.6) is 0 Å². The number of carboxylic acid groups (broad SMARTS) is 1. The Bertz CT molecular complexity index is 695. The van der Waals surface area contributed by atoms with Gasteiger partial charge in [0.2, 0.25) is 11.8 Å². The van der Waals surface area contributed by atoms with Gasteiger partial charge in [0.25, 0.3) is 0 Å². The summed E-state index contributed by atoms with van der Waals surface area (Å²) in [5.41, 5.74) is 12.8. The third kappa shape index (κ3) is 3.10. The minimum Gasteiger partial charge on any atom is -0.477 e. The molecule has 0 unspecified atom stereocenters. The molecule has 0 aromatic carbocycles. The number of fused-ring (bicyclic) bond motifs is 1. The summed E-state index contributed by atoms with van der Waals surface area (Å²) >= 11 is 0.865. The van der Waals surface area contributed by atoms with Gasteiger partial charge in [0, 0.05) is 13.6 Å². The van der Waals surface area contributed by atoms with Crippen LogP contribution in [0.15, 0.2) is 10.6 Å². The molecule has 11 nitrogen and oxygen atoms in total. The Morgan fingerprint density at radius 2 is 2.04 bits per heavy atom. The number of hydrogen-bond donors (Lipinski definition) is 5. The number of thioether (sulfide) groups is 1. The number of carbonyl (C=O) groups is 4. The molecule has 0 spiro atoms. The van der Waals surface area contributed by atoms with Crippen LogP contribution in [0, 0.1) is 5.92 Å². The number of β-lactam (4-membered cyclic amide) rings is 1. The number of amides is 2. The van der Waals surface area contributed by atoms with Gasteiger partial charge < -0.3 is 21.7 Å². The van der Waals surface area contributed by atoms with Crippen molar-refractivity contribution in [2.45, 2.75) is 17.9 Å². The van der Waals surface area contributed by atoms with E-state index in [1.165, 1.54) is 19.0 Å². The number of aliphatic carboxylic acids is 1. The highest BCUT2D eigenvalue weighted by atomic mass is 32.2. The molecular formula is C14H21N5O6S. The number of carbonyl (C=O) groups excluding carboxylic acids is 3. The van der Waals surface area contributed by atoms with Crippen molar-refractivity contribution in [1.82, 2.24) is 15.3 Å². The first-order chi connectivity index (χ1) is 12.1. The number of Topliss-reactive ketones (excluding diaryl/α,β-unsaturated/α-hetero) is 1. The predicted octanol–water partition coefficient (Wildman–Crippen LogP) is -2.99. The molecule has 0 radical (unpaired) electrons. The first-order valence-corrected chi connectivity index (χ1v) is 8.55. The zero-order chi connectivity index (χ0) is 19.8. The second-order valence-corrected chi connectivity index (χ2v) is 7.36. The number of ketones is 1. The fraction of sp³-hybridized carbons (Fsp3) is 0.571. The fourth-order valence-electron chi connectivity index (χ4n) is 3.14. The van der Waals surface area contributed by atoms with Crippen molar-refractivity contribution in [3.05, 3.63) is 10.6 Å². The van der Waals surface area contributed by atoms with Gasteiger partial charge in [-0.1, -0.05) is 11.8 Å². The van der Waals surface area contributed by atoms with Crippen molar-refractivity contribution in [2.75, 3.05) is 26.7 Å². The summed E-state index contributed by atoms with van der Waals surface area (Å²) in [6, 6.07) is 0. The number of nitrogens with two attached hydrogens (primary N) is 2. The lowest BCUT2D eigenvalue weighted by molar-refractivity contribution is -0.165. The average Bonchev–Trinajstić information content (AvgIpc) is 2.85. The Kier molecular flexibility index (Phi) is 5.73. The molecule has 2 aliphatic rings. The Morgan fingerprint density at radius 1 is 1.42 bits per heavy atom. The van der Waals surface area contributed by atoms with Gasteiger partial charge in [0.1, 0.15) is 10.6 Å². The summed E-state index contributed by atoms with van der Waals surface area (Å²) in [7, 11) is 1.42. The van der Waals surface area contributed by atoms with Gasteiger partial charge >= 0.3 is 5.97 Å².